The van der Waals surface area contributed by atoms with Crippen LogP contribution in [-0.2, 0) is 32.0 Å². The van der Waals surface area contributed by atoms with Crippen molar-refractivity contribution in [2.45, 2.75) is 166 Å². The van der Waals surface area contributed by atoms with Gasteiger partial charge in [0, 0.05) is 62.5 Å². The first-order chi connectivity index (χ1) is 38.9. The minimum Gasteiger partial charge on any atom is -0.343 e. The zero-order chi connectivity index (χ0) is 56.4. The Balaban J connectivity index is 0.963. The van der Waals surface area contributed by atoms with Gasteiger partial charge in [-0.1, -0.05) is 149 Å². The van der Waals surface area contributed by atoms with Crippen LogP contribution in [0.2, 0.25) is 0 Å². The standard InChI is InChI=1S/C66H90N8O6/c1-47(67-3)61(75)69-59(43-51-23-13-7-14-24-51)65(79)73-39-17-27-57(73)45-71(41-37-49-19-9-5-10-20-49)63(77)55-33-29-53(30-34-55)54-31-35-56(36-32-54)64(78)72(42-38-50-21-11-6-12-22-50)46-58-28-18-40-74(58)66(80)60(70-62(76)48(2)68-4)44-52-25-15-8-16-26-52/h5-6,9-12,19-22,29-36,47-48,51-52,57-60,67-68H,7-8,13-18,23-28,37-46H2,1-4H3,(H,69,75)(H,70,76)/t47-,48-,57-,58+,59-,60-/m0/s1. The summed E-state index contributed by atoms with van der Waals surface area (Å²) in [5.74, 6) is 0.113. The average molecular weight is 1090 g/mol. The predicted molar refractivity (Wildman–Crippen MR) is 317 cm³/mol. The highest BCUT2D eigenvalue weighted by Gasteiger charge is 2.39. The van der Waals surface area contributed by atoms with E-state index >= 15 is 0 Å². The van der Waals surface area contributed by atoms with Gasteiger partial charge in [0.15, 0.2) is 0 Å². The van der Waals surface area contributed by atoms with Gasteiger partial charge in [-0.3, -0.25) is 28.8 Å². The van der Waals surface area contributed by atoms with Gasteiger partial charge in [0.25, 0.3) is 11.8 Å². The number of likely N-dealkylation sites (N-methyl/N-ethyl adjacent to an activating group) is 2. The molecule has 2 aliphatic heterocycles. The zero-order valence-electron chi connectivity index (χ0n) is 48.2. The lowest BCUT2D eigenvalue weighted by molar-refractivity contribution is -0.138. The summed E-state index contributed by atoms with van der Waals surface area (Å²) >= 11 is 0. The van der Waals surface area contributed by atoms with Crippen LogP contribution >= 0.6 is 0 Å². The molecule has 4 N–H and O–H groups in total. The van der Waals surface area contributed by atoms with Gasteiger partial charge in [0.2, 0.25) is 23.6 Å². The first-order valence-corrected chi connectivity index (χ1v) is 30.3. The second kappa shape index (κ2) is 29.9. The number of nitrogens with zero attached hydrogens (tertiary/aromatic N) is 4. The highest BCUT2D eigenvalue weighted by atomic mass is 16.2. The van der Waals surface area contributed by atoms with Gasteiger partial charge in [0.05, 0.1) is 12.1 Å². The van der Waals surface area contributed by atoms with Crippen molar-refractivity contribution in [2.24, 2.45) is 11.8 Å². The lowest BCUT2D eigenvalue weighted by Crippen LogP contribution is -2.55. The number of hydrogen-bond donors (Lipinski definition) is 4. The summed E-state index contributed by atoms with van der Waals surface area (Å²) < 4.78 is 0. The van der Waals surface area contributed by atoms with Gasteiger partial charge in [-0.2, -0.15) is 0 Å². The summed E-state index contributed by atoms with van der Waals surface area (Å²) in [6, 6.07) is 33.2. The van der Waals surface area contributed by atoms with Gasteiger partial charge in [-0.25, -0.2) is 0 Å². The molecule has 14 heteroatoms. The van der Waals surface area contributed by atoms with E-state index in [-0.39, 0.29) is 47.5 Å². The van der Waals surface area contributed by atoms with Crippen LogP contribution in [0.15, 0.2) is 109 Å². The van der Waals surface area contributed by atoms with Crippen LogP contribution < -0.4 is 21.3 Å². The van der Waals surface area contributed by atoms with Crippen LogP contribution in [-0.4, -0.2) is 145 Å². The van der Waals surface area contributed by atoms with E-state index in [9.17, 15) is 28.8 Å². The Morgan fingerprint density at radius 1 is 0.475 bits per heavy atom. The average Bonchev–Trinajstić information content (AvgIpc) is 4.19. The summed E-state index contributed by atoms with van der Waals surface area (Å²) in [6.07, 6.45) is 17.1. The molecule has 6 atom stereocenters. The third kappa shape index (κ3) is 16.4. The number of likely N-dealkylation sites (tertiary alicyclic amines) is 2. The first-order valence-electron chi connectivity index (χ1n) is 30.3. The molecule has 0 spiro atoms. The Kier molecular flexibility index (Phi) is 22.3. The van der Waals surface area contributed by atoms with Crippen LogP contribution in [0.25, 0.3) is 11.1 Å². The molecule has 2 saturated carbocycles. The lowest BCUT2D eigenvalue weighted by atomic mass is 9.84. The topological polar surface area (TPSA) is 163 Å². The van der Waals surface area contributed by atoms with Crippen molar-refractivity contribution in [3.8, 4) is 11.1 Å². The largest absolute Gasteiger partial charge is 0.343 e. The van der Waals surface area contributed by atoms with Crippen LogP contribution in [0.1, 0.15) is 148 Å². The molecule has 8 rings (SSSR count). The molecule has 2 aliphatic carbocycles. The van der Waals surface area contributed by atoms with Gasteiger partial charge < -0.3 is 40.9 Å². The monoisotopic (exact) mass is 1090 g/mol. The maximum absolute atomic E-state index is 14.7. The van der Waals surface area contributed by atoms with E-state index in [4.69, 9.17) is 0 Å². The SMILES string of the molecule is CN[C@@H](C)C(=O)N[C@@H](CC1CCCCC1)C(=O)N1CCC[C@@H]1CN(CCc1ccccc1)C(=O)c1ccc(-c2ccc(C(=O)N(CCc3ccccc3)C[C@@H]3CCCN3C(=O)[C@H](CC3CCCCC3)NC(=O)[C@H](C)NC)cc2)cc1. The third-order valence-corrected chi connectivity index (χ3v) is 17.8. The summed E-state index contributed by atoms with van der Waals surface area (Å²) in [7, 11) is 3.50. The number of carbonyl (C=O) groups is 6. The number of rotatable bonds is 25. The number of benzene rings is 4. The molecule has 0 unspecified atom stereocenters. The second-order valence-electron chi connectivity index (χ2n) is 23.4. The van der Waals surface area contributed by atoms with Crippen molar-refractivity contribution in [3.63, 3.8) is 0 Å². The Bertz CT molecular complexity index is 2440. The Hall–Kier alpha value is -6.38. The van der Waals surface area contributed by atoms with Crippen molar-refractivity contribution >= 4 is 35.4 Å². The normalized spacial score (nSPS) is 19.4. The lowest BCUT2D eigenvalue weighted by Gasteiger charge is -2.35. The fourth-order valence-corrected chi connectivity index (χ4v) is 12.7. The van der Waals surface area contributed by atoms with Gasteiger partial charge in [0.1, 0.15) is 12.1 Å². The minimum atomic E-state index is -0.613. The summed E-state index contributed by atoms with van der Waals surface area (Å²) in [6.45, 7) is 6.53. The van der Waals surface area contributed by atoms with Crippen molar-refractivity contribution in [1.82, 2.24) is 40.9 Å². The quantitative estimate of drug-likeness (QED) is 0.0512. The minimum absolute atomic E-state index is 0.0500. The molecule has 4 aromatic rings. The molecule has 0 aromatic heterocycles. The van der Waals surface area contributed by atoms with Crippen LogP contribution in [0.5, 0.6) is 0 Å². The molecular weight excluding hydrogens is 1000 g/mol. The molecule has 0 radical (unpaired) electrons. The van der Waals surface area contributed by atoms with Crippen molar-refractivity contribution in [3.05, 3.63) is 131 Å². The van der Waals surface area contributed by atoms with Crippen LogP contribution in [0, 0.1) is 11.8 Å². The fourth-order valence-electron chi connectivity index (χ4n) is 12.7. The molecule has 6 amide bonds. The Labute approximate surface area is 476 Å². The summed E-state index contributed by atoms with van der Waals surface area (Å²) in [5, 5.41) is 12.3. The molecule has 0 bridgehead atoms. The molecule has 4 fully saturated rings. The van der Waals surface area contributed by atoms with Crippen molar-refractivity contribution < 1.29 is 28.8 Å². The summed E-state index contributed by atoms with van der Waals surface area (Å²) in [4.78, 5) is 92.8. The van der Waals surface area contributed by atoms with Crippen LogP contribution in [0.4, 0.5) is 0 Å². The summed E-state index contributed by atoms with van der Waals surface area (Å²) in [5.41, 5.74) is 5.17. The van der Waals surface area contributed by atoms with Crippen molar-refractivity contribution in [1.29, 1.82) is 0 Å². The number of amides is 6. The molecule has 430 valence electrons. The van der Waals surface area contributed by atoms with Gasteiger partial charge in [-0.15, -0.1) is 0 Å². The van der Waals surface area contributed by atoms with E-state index < -0.39 is 24.2 Å². The van der Waals surface area contributed by atoms with Crippen LogP contribution in [0.3, 0.4) is 0 Å². The molecule has 2 saturated heterocycles. The number of nitrogens with one attached hydrogen (secondary N) is 4. The molecule has 2 heterocycles. The second-order valence-corrected chi connectivity index (χ2v) is 23.4. The highest BCUT2D eigenvalue weighted by Crippen LogP contribution is 2.32. The van der Waals surface area contributed by atoms with E-state index in [0.29, 0.717) is 87.9 Å². The zero-order valence-corrected chi connectivity index (χ0v) is 48.2. The van der Waals surface area contributed by atoms with E-state index in [1.54, 1.807) is 14.1 Å². The number of hydrogen-bond acceptors (Lipinski definition) is 8. The fraction of sp³-hybridized carbons (Fsp3) is 0.545. The molecule has 4 aliphatic rings. The van der Waals surface area contributed by atoms with E-state index in [0.717, 1.165) is 99.3 Å². The van der Waals surface area contributed by atoms with Gasteiger partial charge in [-0.05, 0) is 138 Å². The van der Waals surface area contributed by atoms with Crippen molar-refractivity contribution in [2.75, 3.05) is 53.4 Å². The number of carbonyl (C=O) groups excluding carboxylic acids is 6. The molecule has 80 heavy (non-hydrogen) atoms. The molecule has 14 nitrogen and oxygen atoms in total. The highest BCUT2D eigenvalue weighted by molar-refractivity contribution is 5.96. The van der Waals surface area contributed by atoms with E-state index in [1.807, 2.05) is 118 Å². The predicted octanol–water partition coefficient (Wildman–Crippen LogP) is 8.83. The van der Waals surface area contributed by atoms with Gasteiger partial charge >= 0.3 is 0 Å². The Morgan fingerprint density at radius 3 is 1.19 bits per heavy atom. The maximum Gasteiger partial charge on any atom is 0.253 e. The van der Waals surface area contributed by atoms with E-state index in [2.05, 4.69) is 45.5 Å². The Morgan fingerprint density at radius 2 is 0.838 bits per heavy atom. The van der Waals surface area contributed by atoms with E-state index in [1.165, 1.54) is 12.8 Å². The smallest absolute Gasteiger partial charge is 0.253 e. The third-order valence-electron chi connectivity index (χ3n) is 17.8. The first kappa shape index (κ1) is 59.7. The molecule has 4 aromatic carbocycles. The maximum atomic E-state index is 14.7. The molecular formula is C66H90N8O6.